The lowest BCUT2D eigenvalue weighted by Gasteiger charge is -2.18. The van der Waals surface area contributed by atoms with Crippen molar-refractivity contribution in [3.05, 3.63) is 11.6 Å². The van der Waals surface area contributed by atoms with Gasteiger partial charge in [-0.3, -0.25) is 9.59 Å². The molecule has 0 heterocycles. The van der Waals surface area contributed by atoms with Gasteiger partial charge in [0, 0.05) is 19.0 Å². The molecular formula is C23H40FN3O9. The number of aliphatic carboxylic acids is 1. The molecule has 2 amide bonds. The normalized spacial score (nSPS) is 15.2. The third kappa shape index (κ3) is 18.0. The average Bonchev–Trinajstić information content (AvgIpc) is 3.56. The average molecular weight is 522 g/mol. The number of alkyl carbamates (subject to hydrolysis) is 1. The van der Waals surface area contributed by atoms with Gasteiger partial charge in [0.15, 0.2) is 0 Å². The van der Waals surface area contributed by atoms with Crippen LogP contribution in [0, 0.1) is 5.92 Å². The summed E-state index contributed by atoms with van der Waals surface area (Å²) in [5.41, 5.74) is 2.74. The summed E-state index contributed by atoms with van der Waals surface area (Å²) >= 11 is 0. The Morgan fingerprint density at radius 1 is 0.944 bits per heavy atom. The van der Waals surface area contributed by atoms with Crippen molar-refractivity contribution in [2.24, 2.45) is 5.92 Å². The Labute approximate surface area is 211 Å². The lowest BCUT2D eigenvalue weighted by atomic mass is 10.1. The number of nitrogens with one attached hydrogen (secondary N) is 3. The van der Waals surface area contributed by atoms with Crippen LogP contribution >= 0.6 is 0 Å². The number of carbonyl (C=O) groups is 3. The predicted octanol–water partition coefficient (Wildman–Crippen LogP) is 0.959. The molecule has 0 bridgehead atoms. The minimum Gasteiger partial charge on any atom is -0.481 e. The lowest BCUT2D eigenvalue weighted by molar-refractivity contribution is -0.138. The molecule has 2 unspecified atom stereocenters. The SMILES string of the molecule is CC1=CC1COC(=O)NC(CCCCNF)C(=O)NCCOCCOCCOCCOCCC(=O)O. The zero-order valence-corrected chi connectivity index (χ0v) is 20.9. The number of carboxylic acid groups (broad SMARTS) is 1. The zero-order valence-electron chi connectivity index (χ0n) is 20.9. The van der Waals surface area contributed by atoms with Crippen LogP contribution in [-0.4, -0.2) is 102 Å². The fourth-order valence-electron chi connectivity index (χ4n) is 2.90. The Morgan fingerprint density at radius 3 is 2.08 bits per heavy atom. The van der Waals surface area contributed by atoms with Crippen molar-refractivity contribution < 1.29 is 47.7 Å². The Morgan fingerprint density at radius 2 is 1.53 bits per heavy atom. The van der Waals surface area contributed by atoms with Crippen LogP contribution in [0.4, 0.5) is 9.28 Å². The number of amides is 2. The predicted molar refractivity (Wildman–Crippen MR) is 127 cm³/mol. The third-order valence-corrected chi connectivity index (χ3v) is 5.08. The van der Waals surface area contributed by atoms with E-state index < -0.39 is 18.1 Å². The summed E-state index contributed by atoms with van der Waals surface area (Å²) in [5.74, 6) is -1.07. The molecule has 0 aromatic carbocycles. The summed E-state index contributed by atoms with van der Waals surface area (Å²) in [7, 11) is 0. The van der Waals surface area contributed by atoms with Gasteiger partial charge in [0.2, 0.25) is 5.91 Å². The monoisotopic (exact) mass is 521 g/mol. The Balaban J connectivity index is 2.04. The Bertz CT molecular complexity index is 667. The number of carbonyl (C=O) groups excluding carboxylic acids is 2. The molecule has 0 spiro atoms. The quantitative estimate of drug-likeness (QED) is 0.0820. The van der Waals surface area contributed by atoms with Crippen LogP contribution in [0.5, 0.6) is 0 Å². The van der Waals surface area contributed by atoms with E-state index in [-0.39, 0.29) is 51.2 Å². The van der Waals surface area contributed by atoms with Crippen LogP contribution in [0.25, 0.3) is 0 Å². The van der Waals surface area contributed by atoms with Gasteiger partial charge in [-0.1, -0.05) is 11.6 Å². The summed E-state index contributed by atoms with van der Waals surface area (Å²) in [6.07, 6.45) is 2.73. The highest BCUT2D eigenvalue weighted by Crippen LogP contribution is 2.27. The maximum Gasteiger partial charge on any atom is 0.407 e. The first-order valence-electron chi connectivity index (χ1n) is 12.2. The molecule has 1 aliphatic carbocycles. The van der Waals surface area contributed by atoms with Crippen molar-refractivity contribution >= 4 is 18.0 Å². The largest absolute Gasteiger partial charge is 0.481 e. The molecule has 0 aliphatic heterocycles. The summed E-state index contributed by atoms with van der Waals surface area (Å²) in [5, 5.41) is 13.8. The molecule has 12 nitrogen and oxygen atoms in total. The van der Waals surface area contributed by atoms with Gasteiger partial charge in [0.25, 0.3) is 0 Å². The molecule has 1 aliphatic rings. The summed E-state index contributed by atoms with van der Waals surface area (Å²) in [4.78, 5) is 34.8. The van der Waals surface area contributed by atoms with E-state index in [0.29, 0.717) is 58.9 Å². The fourth-order valence-corrected chi connectivity index (χ4v) is 2.90. The van der Waals surface area contributed by atoms with Gasteiger partial charge in [0.1, 0.15) is 12.6 Å². The van der Waals surface area contributed by atoms with Crippen molar-refractivity contribution in [2.75, 3.05) is 72.6 Å². The van der Waals surface area contributed by atoms with Gasteiger partial charge in [0.05, 0.1) is 59.3 Å². The molecule has 0 aromatic heterocycles. The minimum atomic E-state index is -0.899. The van der Waals surface area contributed by atoms with E-state index in [4.69, 9.17) is 28.8 Å². The van der Waals surface area contributed by atoms with Crippen molar-refractivity contribution in [2.45, 2.75) is 38.6 Å². The molecule has 4 N–H and O–H groups in total. The van der Waals surface area contributed by atoms with Crippen LogP contribution in [0.1, 0.15) is 32.6 Å². The third-order valence-electron chi connectivity index (χ3n) is 5.08. The first-order valence-corrected chi connectivity index (χ1v) is 12.2. The highest BCUT2D eigenvalue weighted by Gasteiger charge is 2.24. The minimum absolute atomic E-state index is 0.0311. The van der Waals surface area contributed by atoms with Crippen LogP contribution in [0.3, 0.4) is 0 Å². The molecule has 13 heteroatoms. The zero-order chi connectivity index (χ0) is 26.4. The van der Waals surface area contributed by atoms with E-state index in [0.717, 1.165) is 0 Å². The molecule has 208 valence electrons. The highest BCUT2D eigenvalue weighted by molar-refractivity contribution is 5.85. The molecule has 1 rings (SSSR count). The van der Waals surface area contributed by atoms with Crippen LogP contribution in [-0.2, 0) is 33.3 Å². The lowest BCUT2D eigenvalue weighted by Crippen LogP contribution is -2.47. The van der Waals surface area contributed by atoms with Gasteiger partial charge in [-0.2, -0.15) is 5.54 Å². The molecule has 0 saturated heterocycles. The second-order valence-corrected chi connectivity index (χ2v) is 8.08. The first kappa shape index (κ1) is 31.7. The smallest absolute Gasteiger partial charge is 0.407 e. The molecule has 0 fully saturated rings. The van der Waals surface area contributed by atoms with Crippen LogP contribution < -0.4 is 16.2 Å². The molecule has 36 heavy (non-hydrogen) atoms. The molecule has 0 aromatic rings. The van der Waals surface area contributed by atoms with E-state index in [1.54, 1.807) is 5.54 Å². The van der Waals surface area contributed by atoms with Crippen molar-refractivity contribution in [3.63, 3.8) is 0 Å². The molecule has 2 atom stereocenters. The number of carboxylic acids is 1. The van der Waals surface area contributed by atoms with E-state index in [1.165, 1.54) is 5.57 Å². The molecule has 0 saturated carbocycles. The van der Waals surface area contributed by atoms with E-state index in [2.05, 4.69) is 10.6 Å². The van der Waals surface area contributed by atoms with Gasteiger partial charge >= 0.3 is 12.1 Å². The van der Waals surface area contributed by atoms with Gasteiger partial charge < -0.3 is 39.4 Å². The maximum absolute atomic E-state index is 12.5. The number of hydrogen-bond acceptors (Lipinski definition) is 9. The topological polar surface area (TPSA) is 154 Å². The fraction of sp³-hybridized carbons (Fsp3) is 0.783. The van der Waals surface area contributed by atoms with Crippen LogP contribution in [0.2, 0.25) is 0 Å². The van der Waals surface area contributed by atoms with E-state index in [9.17, 15) is 18.9 Å². The first-order chi connectivity index (χ1) is 17.4. The molecule has 0 radical (unpaired) electrons. The van der Waals surface area contributed by atoms with Gasteiger partial charge in [-0.25, -0.2) is 4.79 Å². The number of halogens is 1. The maximum atomic E-state index is 12.5. The van der Waals surface area contributed by atoms with Crippen molar-refractivity contribution in [3.8, 4) is 0 Å². The standard InChI is InChI=1S/C23H40FN3O9/c1-18-16-19(18)17-36-23(31)27-20(4-2-3-6-26-24)22(30)25-7-9-33-11-13-35-15-14-34-12-10-32-8-5-21(28)29/h16,19-20,26H,2-15,17H2,1H3,(H,25,30)(H,27,31)(H,28,29). The summed E-state index contributed by atoms with van der Waals surface area (Å²) in [6.45, 7) is 5.23. The van der Waals surface area contributed by atoms with Crippen LogP contribution in [0.15, 0.2) is 11.6 Å². The highest BCUT2D eigenvalue weighted by atomic mass is 19.2. The Kier molecular flexibility index (Phi) is 18.3. The second-order valence-electron chi connectivity index (χ2n) is 8.08. The van der Waals surface area contributed by atoms with E-state index >= 15 is 0 Å². The number of unbranched alkanes of at least 4 members (excludes halogenated alkanes) is 1. The van der Waals surface area contributed by atoms with E-state index in [1.807, 2.05) is 13.0 Å². The Hall–Kier alpha value is -2.32. The van der Waals surface area contributed by atoms with Crippen molar-refractivity contribution in [1.29, 1.82) is 0 Å². The number of hydrogen-bond donors (Lipinski definition) is 4. The van der Waals surface area contributed by atoms with Gasteiger partial charge in [-0.15, -0.1) is 4.48 Å². The van der Waals surface area contributed by atoms with Gasteiger partial charge in [-0.05, 0) is 26.2 Å². The summed E-state index contributed by atoms with van der Waals surface area (Å²) in [6, 6.07) is -0.781. The second kappa shape index (κ2) is 20.8. The number of ether oxygens (including phenoxy) is 5. The number of rotatable bonds is 24. The molecular weight excluding hydrogens is 481 g/mol. The summed E-state index contributed by atoms with van der Waals surface area (Å²) < 4.78 is 38.4. The van der Waals surface area contributed by atoms with Crippen molar-refractivity contribution in [1.82, 2.24) is 16.2 Å².